The Bertz CT molecular complexity index is 305. The number of hydrogen-bond acceptors (Lipinski definition) is 2. The molecule has 1 rings (SSSR count). The highest BCUT2D eigenvalue weighted by molar-refractivity contribution is 9.10. The van der Waals surface area contributed by atoms with Gasteiger partial charge in [-0.25, -0.2) is 0 Å². The molecule has 78 valence electrons. The maximum Gasteiger partial charge on any atom is 0.254 e. The lowest BCUT2D eigenvalue weighted by molar-refractivity contribution is 0.0934. The van der Waals surface area contributed by atoms with Crippen LogP contribution in [0.5, 0.6) is 0 Å². The Morgan fingerprint density at radius 3 is 2.64 bits per heavy atom. The third-order valence-corrected chi connectivity index (χ3v) is 2.57. The number of carbonyl (C=O) groups excluding carboxylic acids is 1. The van der Waals surface area contributed by atoms with Gasteiger partial charge < -0.3 is 9.73 Å². The zero-order valence-electron chi connectivity index (χ0n) is 8.34. The van der Waals surface area contributed by atoms with E-state index in [1.54, 1.807) is 6.07 Å². The highest BCUT2D eigenvalue weighted by atomic mass is 79.9. The summed E-state index contributed by atoms with van der Waals surface area (Å²) in [6.07, 6.45) is 3.34. The van der Waals surface area contributed by atoms with Crippen molar-refractivity contribution in [3.8, 4) is 0 Å². The second-order valence-electron chi connectivity index (χ2n) is 3.13. The highest BCUT2D eigenvalue weighted by Crippen LogP contribution is 2.14. The van der Waals surface area contributed by atoms with Crippen LogP contribution in [0.25, 0.3) is 0 Å². The Labute approximate surface area is 92.0 Å². The van der Waals surface area contributed by atoms with E-state index in [0.717, 1.165) is 12.8 Å². The van der Waals surface area contributed by atoms with Crippen molar-refractivity contribution in [1.82, 2.24) is 5.32 Å². The summed E-state index contributed by atoms with van der Waals surface area (Å²) in [6.45, 7) is 4.11. The first kappa shape index (κ1) is 11.3. The minimum atomic E-state index is -0.0758. The molecule has 4 heteroatoms. The van der Waals surface area contributed by atoms with Crippen molar-refractivity contribution < 1.29 is 9.21 Å². The van der Waals surface area contributed by atoms with E-state index >= 15 is 0 Å². The summed E-state index contributed by atoms with van der Waals surface area (Å²) in [5.41, 5.74) is 0.559. The number of halogens is 1. The minimum absolute atomic E-state index is 0.0758. The van der Waals surface area contributed by atoms with E-state index in [9.17, 15) is 4.79 Å². The van der Waals surface area contributed by atoms with Gasteiger partial charge in [0.05, 0.1) is 5.56 Å². The number of nitrogens with one attached hydrogen (secondary N) is 1. The van der Waals surface area contributed by atoms with Crippen molar-refractivity contribution in [2.75, 3.05) is 0 Å². The molecule has 1 N–H and O–H groups in total. The van der Waals surface area contributed by atoms with Gasteiger partial charge in [0.15, 0.2) is 4.67 Å². The van der Waals surface area contributed by atoms with Crippen LogP contribution in [-0.2, 0) is 0 Å². The van der Waals surface area contributed by atoms with E-state index in [-0.39, 0.29) is 11.9 Å². The van der Waals surface area contributed by atoms with Crippen LogP contribution in [-0.4, -0.2) is 11.9 Å². The van der Waals surface area contributed by atoms with Gasteiger partial charge in [0, 0.05) is 12.1 Å². The van der Waals surface area contributed by atoms with Gasteiger partial charge in [-0.2, -0.15) is 0 Å². The molecule has 0 radical (unpaired) electrons. The second-order valence-corrected chi connectivity index (χ2v) is 3.91. The molecule has 0 aromatic carbocycles. The van der Waals surface area contributed by atoms with Crippen molar-refractivity contribution in [2.24, 2.45) is 0 Å². The molecule has 14 heavy (non-hydrogen) atoms. The third-order valence-electron chi connectivity index (χ3n) is 2.15. The van der Waals surface area contributed by atoms with Gasteiger partial charge in [-0.15, -0.1) is 0 Å². The molecular weight excluding hydrogens is 246 g/mol. The van der Waals surface area contributed by atoms with Crippen molar-refractivity contribution >= 4 is 21.8 Å². The summed E-state index contributed by atoms with van der Waals surface area (Å²) in [5.74, 6) is -0.0758. The molecule has 0 spiro atoms. The van der Waals surface area contributed by atoms with Gasteiger partial charge in [-0.1, -0.05) is 13.8 Å². The molecule has 1 aromatic rings. The van der Waals surface area contributed by atoms with Crippen LogP contribution < -0.4 is 5.32 Å². The van der Waals surface area contributed by atoms with E-state index < -0.39 is 0 Å². The average Bonchev–Trinajstić information content (AvgIpc) is 2.61. The van der Waals surface area contributed by atoms with Crippen LogP contribution >= 0.6 is 15.9 Å². The smallest absolute Gasteiger partial charge is 0.254 e. The summed E-state index contributed by atoms with van der Waals surface area (Å²) in [4.78, 5) is 11.6. The molecule has 1 amide bonds. The van der Waals surface area contributed by atoms with E-state index in [1.165, 1.54) is 6.26 Å². The van der Waals surface area contributed by atoms with Crippen LogP contribution in [0.15, 0.2) is 21.4 Å². The lowest BCUT2D eigenvalue weighted by atomic mass is 10.1. The number of carbonyl (C=O) groups is 1. The van der Waals surface area contributed by atoms with E-state index in [0.29, 0.717) is 10.2 Å². The van der Waals surface area contributed by atoms with Gasteiger partial charge >= 0.3 is 0 Å². The first-order valence-electron chi connectivity index (χ1n) is 4.72. The summed E-state index contributed by atoms with van der Waals surface area (Å²) in [7, 11) is 0. The molecule has 0 fully saturated rings. The number of rotatable bonds is 4. The first-order valence-corrected chi connectivity index (χ1v) is 5.51. The summed E-state index contributed by atoms with van der Waals surface area (Å²) in [5, 5.41) is 2.93. The second kappa shape index (κ2) is 5.20. The lowest BCUT2D eigenvalue weighted by Crippen LogP contribution is -2.33. The summed E-state index contributed by atoms with van der Waals surface area (Å²) in [6, 6.07) is 1.91. The average molecular weight is 260 g/mol. The normalized spacial score (nSPS) is 10.6. The Hall–Kier alpha value is -0.770. The topological polar surface area (TPSA) is 42.2 Å². The van der Waals surface area contributed by atoms with Crippen molar-refractivity contribution in [1.29, 1.82) is 0 Å². The largest absolute Gasteiger partial charge is 0.457 e. The lowest BCUT2D eigenvalue weighted by Gasteiger charge is -2.13. The zero-order valence-corrected chi connectivity index (χ0v) is 9.93. The molecule has 1 aromatic heterocycles. The molecule has 0 aliphatic heterocycles. The molecule has 0 atom stereocenters. The van der Waals surface area contributed by atoms with Crippen molar-refractivity contribution in [3.05, 3.63) is 22.6 Å². The summed E-state index contributed by atoms with van der Waals surface area (Å²) >= 11 is 3.15. The fraction of sp³-hybridized carbons (Fsp3) is 0.500. The van der Waals surface area contributed by atoms with Crippen molar-refractivity contribution in [2.45, 2.75) is 32.7 Å². The Morgan fingerprint density at radius 1 is 1.57 bits per heavy atom. The molecule has 0 aliphatic carbocycles. The number of furan rings is 1. The van der Waals surface area contributed by atoms with Gasteiger partial charge in [0.25, 0.3) is 5.91 Å². The molecule has 0 bridgehead atoms. The van der Waals surface area contributed by atoms with E-state index in [2.05, 4.69) is 35.1 Å². The maximum atomic E-state index is 11.6. The van der Waals surface area contributed by atoms with Crippen molar-refractivity contribution in [3.63, 3.8) is 0 Å². The van der Waals surface area contributed by atoms with Crippen LogP contribution in [0.2, 0.25) is 0 Å². The first-order chi connectivity index (χ1) is 6.67. The predicted molar refractivity (Wildman–Crippen MR) is 58.2 cm³/mol. The SMILES string of the molecule is CCC(CC)NC(=O)c1coc(Br)c1. The molecule has 0 aliphatic rings. The van der Waals surface area contributed by atoms with Gasteiger partial charge in [-0.3, -0.25) is 4.79 Å². The van der Waals surface area contributed by atoms with Gasteiger partial charge in [0.2, 0.25) is 0 Å². The molecular formula is C10H14BrNO2. The quantitative estimate of drug-likeness (QED) is 0.904. The number of hydrogen-bond donors (Lipinski definition) is 1. The molecule has 3 nitrogen and oxygen atoms in total. The molecule has 0 saturated heterocycles. The number of amides is 1. The van der Waals surface area contributed by atoms with Crippen LogP contribution in [0, 0.1) is 0 Å². The highest BCUT2D eigenvalue weighted by Gasteiger charge is 2.12. The van der Waals surface area contributed by atoms with E-state index in [1.807, 2.05) is 0 Å². The Balaban J connectivity index is 2.58. The monoisotopic (exact) mass is 259 g/mol. The third kappa shape index (κ3) is 2.87. The van der Waals surface area contributed by atoms with E-state index in [4.69, 9.17) is 4.42 Å². The summed E-state index contributed by atoms with van der Waals surface area (Å²) < 4.78 is 5.57. The Kier molecular flexibility index (Phi) is 4.20. The fourth-order valence-electron chi connectivity index (χ4n) is 1.19. The van der Waals surface area contributed by atoms with Crippen LogP contribution in [0.1, 0.15) is 37.0 Å². The van der Waals surface area contributed by atoms with Gasteiger partial charge in [-0.05, 0) is 28.8 Å². The van der Waals surface area contributed by atoms with Gasteiger partial charge in [0.1, 0.15) is 6.26 Å². The molecule has 0 unspecified atom stereocenters. The standard InChI is InChI=1S/C10H14BrNO2/c1-3-8(4-2)12-10(13)7-5-9(11)14-6-7/h5-6,8H,3-4H2,1-2H3,(H,12,13). The Morgan fingerprint density at radius 2 is 2.21 bits per heavy atom. The van der Waals surface area contributed by atoms with Crippen LogP contribution in [0.4, 0.5) is 0 Å². The fourth-order valence-corrected chi connectivity index (χ4v) is 1.53. The van der Waals surface area contributed by atoms with Crippen LogP contribution in [0.3, 0.4) is 0 Å². The zero-order chi connectivity index (χ0) is 10.6. The molecule has 1 heterocycles. The minimum Gasteiger partial charge on any atom is -0.457 e. The maximum absolute atomic E-state index is 11.6. The molecule has 0 saturated carbocycles. The predicted octanol–water partition coefficient (Wildman–Crippen LogP) is 2.96.